The molecule has 0 aliphatic carbocycles. The van der Waals surface area contributed by atoms with E-state index in [9.17, 15) is 8.42 Å². The lowest BCUT2D eigenvalue weighted by Crippen LogP contribution is -2.20. The van der Waals surface area contributed by atoms with E-state index in [-0.39, 0.29) is 0 Å². The predicted molar refractivity (Wildman–Crippen MR) is 93.9 cm³/mol. The minimum Gasteiger partial charge on any atom is -0.369 e. The Kier molecular flexibility index (Phi) is 4.86. The minimum absolute atomic E-state index is 0.292. The highest BCUT2D eigenvalue weighted by Gasteiger charge is 2.13. The summed E-state index contributed by atoms with van der Waals surface area (Å²) in [6, 6.07) is 6.20. The molecule has 0 aliphatic rings. The molecule has 1 aromatic carbocycles. The molecule has 2 rings (SSSR count). The largest absolute Gasteiger partial charge is 0.369 e. The molecule has 0 unspecified atom stereocenters. The number of aromatic nitrogens is 2. The number of rotatable bonds is 6. The summed E-state index contributed by atoms with van der Waals surface area (Å²) in [7, 11) is -4.27. The van der Waals surface area contributed by atoms with Crippen LogP contribution in [-0.2, 0) is 9.84 Å². The van der Waals surface area contributed by atoms with Crippen LogP contribution in [-0.4, -0.2) is 39.3 Å². The van der Waals surface area contributed by atoms with E-state index in [0.29, 0.717) is 10.7 Å². The normalized spacial score (nSPS) is 12.5. The lowest BCUT2D eigenvalue weighted by Gasteiger charge is -2.16. The number of nitrogens with zero attached hydrogens (tertiary/aromatic N) is 2. The van der Waals surface area contributed by atoms with Crippen LogP contribution in [0, 0.1) is 0 Å². The Balaban J connectivity index is 2.22. The van der Waals surface area contributed by atoms with Gasteiger partial charge in [0.15, 0.2) is 9.84 Å². The molecule has 1 heterocycles. The van der Waals surface area contributed by atoms with Gasteiger partial charge in [-0.05, 0) is 24.6 Å². The Labute approximate surface area is 133 Å². The second kappa shape index (κ2) is 6.34. The van der Waals surface area contributed by atoms with Gasteiger partial charge in [-0.3, -0.25) is 0 Å². The van der Waals surface area contributed by atoms with Crippen LogP contribution in [0.2, 0.25) is 25.7 Å². The zero-order chi connectivity index (χ0) is 16.4. The number of nitrogens with one attached hydrogen (secondary N) is 1. The molecule has 7 heteroatoms. The maximum atomic E-state index is 11.7. The van der Waals surface area contributed by atoms with E-state index in [0.717, 1.165) is 23.9 Å². The molecule has 22 heavy (non-hydrogen) atoms. The molecule has 5 nitrogen and oxygen atoms in total. The summed E-state index contributed by atoms with van der Waals surface area (Å²) in [5, 5.41) is 4.06. The van der Waals surface area contributed by atoms with Gasteiger partial charge in [-0.25, -0.2) is 18.4 Å². The van der Waals surface area contributed by atoms with Gasteiger partial charge >= 0.3 is 0 Å². The maximum absolute atomic E-state index is 11.7. The van der Waals surface area contributed by atoms with Crippen molar-refractivity contribution in [3.8, 4) is 0 Å². The van der Waals surface area contributed by atoms with Crippen molar-refractivity contribution < 1.29 is 8.42 Å². The van der Waals surface area contributed by atoms with Gasteiger partial charge < -0.3 is 5.32 Å². The molecule has 0 radical (unpaired) electrons. The highest BCUT2D eigenvalue weighted by Crippen LogP contribution is 2.23. The number of anilines is 1. The topological polar surface area (TPSA) is 72.0 Å². The van der Waals surface area contributed by atoms with Gasteiger partial charge in [0.05, 0.1) is 10.4 Å². The second-order valence-corrected chi connectivity index (χ2v) is 14.4. The van der Waals surface area contributed by atoms with Gasteiger partial charge in [0.1, 0.15) is 12.1 Å². The Hall–Kier alpha value is -1.47. The number of fused-ring (bicyclic) bond motifs is 1. The molecule has 1 aromatic heterocycles. The summed E-state index contributed by atoms with van der Waals surface area (Å²) >= 11 is 0. The summed E-state index contributed by atoms with van der Waals surface area (Å²) in [4.78, 5) is 8.74. The molecule has 0 bridgehead atoms. The lowest BCUT2D eigenvalue weighted by molar-refractivity contribution is 0.602. The molecule has 2 aromatic rings. The zero-order valence-corrected chi connectivity index (χ0v) is 15.4. The Morgan fingerprint density at radius 3 is 2.55 bits per heavy atom. The Morgan fingerprint density at radius 1 is 1.18 bits per heavy atom. The highest BCUT2D eigenvalue weighted by molar-refractivity contribution is 7.90. The van der Waals surface area contributed by atoms with Crippen LogP contribution in [0.25, 0.3) is 10.9 Å². The summed E-state index contributed by atoms with van der Waals surface area (Å²) in [6.07, 6.45) is 3.80. The van der Waals surface area contributed by atoms with Gasteiger partial charge in [0, 0.05) is 26.3 Å². The van der Waals surface area contributed by atoms with Crippen molar-refractivity contribution >= 4 is 34.6 Å². The summed E-state index contributed by atoms with van der Waals surface area (Å²) < 4.78 is 23.4. The van der Waals surface area contributed by atoms with E-state index < -0.39 is 17.9 Å². The van der Waals surface area contributed by atoms with Crippen molar-refractivity contribution in [2.45, 2.75) is 37.0 Å². The predicted octanol–water partition coefficient (Wildman–Crippen LogP) is 3.17. The number of benzene rings is 1. The lowest BCUT2D eigenvalue weighted by atomic mass is 10.2. The van der Waals surface area contributed by atoms with Crippen LogP contribution in [0.5, 0.6) is 0 Å². The van der Waals surface area contributed by atoms with Crippen LogP contribution < -0.4 is 5.32 Å². The molecule has 0 spiro atoms. The van der Waals surface area contributed by atoms with Crippen LogP contribution in [0.3, 0.4) is 0 Å². The van der Waals surface area contributed by atoms with Crippen molar-refractivity contribution in [1.82, 2.24) is 9.97 Å². The van der Waals surface area contributed by atoms with E-state index in [2.05, 4.69) is 34.9 Å². The van der Waals surface area contributed by atoms with E-state index in [1.54, 1.807) is 18.2 Å². The molecular weight excluding hydrogens is 314 g/mol. The van der Waals surface area contributed by atoms with Crippen molar-refractivity contribution in [2.24, 2.45) is 0 Å². The first-order valence-corrected chi connectivity index (χ1v) is 13.0. The smallest absolute Gasteiger partial charge is 0.175 e. The minimum atomic E-state index is -3.23. The average Bonchev–Trinajstić information content (AvgIpc) is 2.41. The Morgan fingerprint density at radius 2 is 1.91 bits per heavy atom. The van der Waals surface area contributed by atoms with Crippen LogP contribution in [0.1, 0.15) is 6.42 Å². The van der Waals surface area contributed by atoms with Crippen LogP contribution >= 0.6 is 0 Å². The maximum Gasteiger partial charge on any atom is 0.175 e. The highest BCUT2D eigenvalue weighted by atomic mass is 32.2. The fourth-order valence-electron chi connectivity index (χ4n) is 2.23. The molecule has 0 amide bonds. The van der Waals surface area contributed by atoms with Gasteiger partial charge in [0.25, 0.3) is 0 Å². The van der Waals surface area contributed by atoms with Crippen LogP contribution in [0.15, 0.2) is 29.4 Å². The fourth-order valence-corrected chi connectivity index (χ4v) is 4.12. The van der Waals surface area contributed by atoms with E-state index in [4.69, 9.17) is 0 Å². The van der Waals surface area contributed by atoms with E-state index in [1.807, 2.05) is 0 Å². The third-order valence-electron chi connectivity index (χ3n) is 3.43. The van der Waals surface area contributed by atoms with E-state index >= 15 is 0 Å². The zero-order valence-electron chi connectivity index (χ0n) is 13.5. The van der Waals surface area contributed by atoms with E-state index in [1.165, 1.54) is 18.6 Å². The first-order chi connectivity index (χ1) is 10.2. The number of hydrogen-bond acceptors (Lipinski definition) is 5. The van der Waals surface area contributed by atoms with Gasteiger partial charge in [-0.15, -0.1) is 0 Å². The quantitative estimate of drug-likeness (QED) is 0.647. The molecule has 0 saturated carbocycles. The summed E-state index contributed by atoms with van der Waals surface area (Å²) in [5.41, 5.74) is 0.745. The molecule has 0 aliphatic heterocycles. The molecule has 0 saturated heterocycles. The van der Waals surface area contributed by atoms with Crippen molar-refractivity contribution in [2.75, 3.05) is 18.1 Å². The van der Waals surface area contributed by atoms with Crippen molar-refractivity contribution in [3.05, 3.63) is 24.5 Å². The third-order valence-corrected chi connectivity index (χ3v) is 6.39. The van der Waals surface area contributed by atoms with Gasteiger partial charge in [-0.1, -0.05) is 25.7 Å². The molecule has 0 fully saturated rings. The molecular formula is C15H23N3O2SSi. The van der Waals surface area contributed by atoms with Gasteiger partial charge in [-0.2, -0.15) is 0 Å². The monoisotopic (exact) mass is 337 g/mol. The second-order valence-electron chi connectivity index (χ2n) is 6.76. The SMILES string of the molecule is C[Si](C)(C)CCCNc1ncnc2ccc(S(C)(=O)=O)cc12. The number of sulfone groups is 1. The van der Waals surface area contributed by atoms with Gasteiger partial charge in [0.2, 0.25) is 0 Å². The first-order valence-electron chi connectivity index (χ1n) is 7.35. The van der Waals surface area contributed by atoms with Crippen molar-refractivity contribution in [1.29, 1.82) is 0 Å². The Bertz CT molecular complexity index is 770. The molecule has 1 N–H and O–H groups in total. The number of hydrogen-bond donors (Lipinski definition) is 1. The molecule has 120 valence electrons. The standard InChI is InChI=1S/C15H23N3O2SSi/c1-21(19,20)12-6-7-14-13(10-12)15(18-11-17-14)16-8-5-9-22(2,3)4/h6-7,10-11H,5,8-9H2,1-4H3,(H,16,17,18). The summed E-state index contributed by atoms with van der Waals surface area (Å²) in [5.74, 6) is 0.700. The van der Waals surface area contributed by atoms with Crippen molar-refractivity contribution in [3.63, 3.8) is 0 Å². The summed E-state index contributed by atoms with van der Waals surface area (Å²) in [6.45, 7) is 7.89. The van der Waals surface area contributed by atoms with Crippen LogP contribution in [0.4, 0.5) is 5.82 Å². The first kappa shape index (κ1) is 16.9. The average molecular weight is 338 g/mol. The fraction of sp³-hybridized carbons (Fsp3) is 0.467. The third kappa shape index (κ3) is 4.51. The molecule has 0 atom stereocenters.